The number of amides is 3. The number of H-pyrrole nitrogens is 1. The van der Waals surface area contributed by atoms with Crippen LogP contribution in [0.5, 0.6) is 0 Å². The number of carbonyl (C=O) groups excluding carboxylic acids is 2. The van der Waals surface area contributed by atoms with Crippen molar-refractivity contribution in [1.29, 1.82) is 0 Å². The normalized spacial score (nSPS) is 19.7. The summed E-state index contributed by atoms with van der Waals surface area (Å²) in [5.41, 5.74) is 2.96. The fourth-order valence-electron chi connectivity index (χ4n) is 3.56. The molecule has 1 aromatic heterocycles. The molecule has 2 N–H and O–H groups in total. The molecule has 2 heterocycles. The van der Waals surface area contributed by atoms with Crippen molar-refractivity contribution in [3.63, 3.8) is 0 Å². The lowest BCUT2D eigenvalue weighted by atomic mass is 9.93. The highest BCUT2D eigenvalue weighted by Gasteiger charge is 2.47. The predicted molar refractivity (Wildman–Crippen MR) is 109 cm³/mol. The van der Waals surface area contributed by atoms with Crippen LogP contribution in [0.3, 0.4) is 0 Å². The van der Waals surface area contributed by atoms with Crippen molar-refractivity contribution < 1.29 is 9.59 Å². The molecule has 4 rings (SSSR count). The van der Waals surface area contributed by atoms with Gasteiger partial charge in [-0.05, 0) is 38.3 Å². The number of benzene rings is 2. The van der Waals surface area contributed by atoms with Gasteiger partial charge in [-0.3, -0.25) is 4.79 Å². The lowest BCUT2D eigenvalue weighted by Crippen LogP contribution is -2.44. The quantitative estimate of drug-likeness (QED) is 0.527. The van der Waals surface area contributed by atoms with Crippen molar-refractivity contribution in [2.45, 2.75) is 32.2 Å². The predicted octanol–water partition coefficient (Wildman–Crippen LogP) is 3.75. The van der Waals surface area contributed by atoms with Crippen LogP contribution in [0.1, 0.15) is 30.2 Å². The van der Waals surface area contributed by atoms with E-state index < -0.39 is 11.6 Å². The van der Waals surface area contributed by atoms with Gasteiger partial charge in [0.05, 0.1) is 6.21 Å². The van der Waals surface area contributed by atoms with Crippen LogP contribution < -0.4 is 5.32 Å². The molecule has 0 aliphatic carbocycles. The molecule has 1 saturated heterocycles. The molecule has 1 aliphatic rings. The Morgan fingerprint density at radius 1 is 1.07 bits per heavy atom. The maximum Gasteiger partial charge on any atom is 0.346 e. The van der Waals surface area contributed by atoms with Gasteiger partial charge in [0.2, 0.25) is 0 Å². The van der Waals surface area contributed by atoms with Gasteiger partial charge in [-0.15, -0.1) is 5.01 Å². The molecule has 0 radical (unpaired) electrons. The summed E-state index contributed by atoms with van der Waals surface area (Å²) >= 11 is 0. The van der Waals surface area contributed by atoms with E-state index in [0.29, 0.717) is 12.8 Å². The molecule has 1 atom stereocenters. The van der Waals surface area contributed by atoms with E-state index in [2.05, 4.69) is 15.4 Å². The smallest absolute Gasteiger partial charge is 0.346 e. The number of hydrogen-bond donors (Lipinski definition) is 2. The van der Waals surface area contributed by atoms with Gasteiger partial charge in [0.1, 0.15) is 5.54 Å². The Labute approximate surface area is 163 Å². The van der Waals surface area contributed by atoms with Crippen LogP contribution in [-0.4, -0.2) is 33.7 Å². The number of hydrazone groups is 1. The average Bonchev–Trinajstić information content (AvgIpc) is 3.13. The van der Waals surface area contributed by atoms with Gasteiger partial charge in [0.25, 0.3) is 5.91 Å². The van der Waals surface area contributed by atoms with Crippen LogP contribution in [0, 0.1) is 6.92 Å². The molecule has 3 amide bonds. The summed E-state index contributed by atoms with van der Waals surface area (Å²) < 4.78 is 0. The number of imide groups is 1. The minimum absolute atomic E-state index is 0.331. The van der Waals surface area contributed by atoms with Gasteiger partial charge in [0.15, 0.2) is 0 Å². The summed E-state index contributed by atoms with van der Waals surface area (Å²) in [5, 5.41) is 8.95. The van der Waals surface area contributed by atoms with E-state index in [1.807, 2.05) is 61.5 Å². The van der Waals surface area contributed by atoms with E-state index in [9.17, 15) is 9.59 Å². The standard InChI is InChI=1S/C22H22N4O2/c1-15-18(17-10-6-7-11-19(17)24-15)14-23-26-20(27)22(2,25-21(26)28)13-12-16-8-4-3-5-9-16/h3-11,14,24H,12-13H2,1-2H3,(H,25,28)/b23-14+/t22-/m1/s1. The molecule has 0 spiro atoms. The summed E-state index contributed by atoms with van der Waals surface area (Å²) in [5.74, 6) is -0.331. The van der Waals surface area contributed by atoms with E-state index in [1.165, 1.54) is 0 Å². The molecule has 6 nitrogen and oxygen atoms in total. The Bertz CT molecular complexity index is 1070. The van der Waals surface area contributed by atoms with Gasteiger partial charge in [0, 0.05) is 22.2 Å². The van der Waals surface area contributed by atoms with E-state index in [1.54, 1.807) is 13.1 Å². The molecule has 2 aromatic carbocycles. The van der Waals surface area contributed by atoms with Gasteiger partial charge >= 0.3 is 6.03 Å². The number of para-hydroxylation sites is 1. The SMILES string of the molecule is Cc1[nH]c2ccccc2c1/C=N/N1C(=O)N[C@](C)(CCc2ccccc2)C1=O. The highest BCUT2D eigenvalue weighted by Crippen LogP contribution is 2.25. The summed E-state index contributed by atoms with van der Waals surface area (Å²) in [6.07, 6.45) is 2.79. The number of urea groups is 1. The molecule has 0 unspecified atom stereocenters. The Morgan fingerprint density at radius 3 is 2.57 bits per heavy atom. The third-order valence-electron chi connectivity index (χ3n) is 5.24. The first kappa shape index (κ1) is 18.0. The average molecular weight is 374 g/mol. The molecular weight excluding hydrogens is 352 g/mol. The maximum atomic E-state index is 12.9. The lowest BCUT2D eigenvalue weighted by molar-refractivity contribution is -0.130. The maximum absolute atomic E-state index is 12.9. The molecule has 3 aromatic rings. The third-order valence-corrected chi connectivity index (χ3v) is 5.24. The van der Waals surface area contributed by atoms with Crippen LogP contribution in [0.15, 0.2) is 59.7 Å². The number of rotatable bonds is 5. The van der Waals surface area contributed by atoms with Gasteiger partial charge < -0.3 is 10.3 Å². The zero-order chi connectivity index (χ0) is 19.7. The number of fused-ring (bicyclic) bond motifs is 1. The van der Waals surface area contributed by atoms with Crippen LogP contribution in [0.2, 0.25) is 0 Å². The van der Waals surface area contributed by atoms with Crippen LogP contribution in [0.25, 0.3) is 10.9 Å². The van der Waals surface area contributed by atoms with Crippen molar-refractivity contribution in [3.05, 3.63) is 71.4 Å². The Hall–Kier alpha value is -3.41. The molecular formula is C22H22N4O2. The van der Waals surface area contributed by atoms with E-state index in [-0.39, 0.29) is 5.91 Å². The van der Waals surface area contributed by atoms with E-state index in [4.69, 9.17) is 0 Å². The highest BCUT2D eigenvalue weighted by atomic mass is 16.2. The molecule has 0 saturated carbocycles. The van der Waals surface area contributed by atoms with Crippen molar-refractivity contribution in [1.82, 2.24) is 15.3 Å². The molecule has 28 heavy (non-hydrogen) atoms. The number of carbonyl (C=O) groups is 2. The monoisotopic (exact) mass is 374 g/mol. The van der Waals surface area contributed by atoms with E-state index >= 15 is 0 Å². The summed E-state index contributed by atoms with van der Waals surface area (Å²) in [7, 11) is 0. The minimum atomic E-state index is -0.959. The highest BCUT2D eigenvalue weighted by molar-refractivity contribution is 6.08. The molecule has 6 heteroatoms. The minimum Gasteiger partial charge on any atom is -0.358 e. The number of aromatic nitrogens is 1. The zero-order valence-electron chi connectivity index (χ0n) is 15.9. The molecule has 142 valence electrons. The second-order valence-electron chi connectivity index (χ2n) is 7.32. The number of aromatic amines is 1. The summed E-state index contributed by atoms with van der Waals surface area (Å²) in [6.45, 7) is 3.69. The van der Waals surface area contributed by atoms with Crippen LogP contribution >= 0.6 is 0 Å². The largest absolute Gasteiger partial charge is 0.358 e. The van der Waals surface area contributed by atoms with Crippen LogP contribution in [-0.2, 0) is 11.2 Å². The lowest BCUT2D eigenvalue weighted by Gasteiger charge is -2.20. The Balaban J connectivity index is 1.54. The first-order valence-electron chi connectivity index (χ1n) is 9.30. The van der Waals surface area contributed by atoms with Crippen molar-refractivity contribution in [3.8, 4) is 0 Å². The first-order chi connectivity index (χ1) is 13.5. The zero-order valence-corrected chi connectivity index (χ0v) is 15.9. The fraction of sp³-hybridized carbons (Fsp3) is 0.227. The topological polar surface area (TPSA) is 77.6 Å². The molecule has 1 fully saturated rings. The van der Waals surface area contributed by atoms with Crippen molar-refractivity contribution >= 4 is 29.1 Å². The van der Waals surface area contributed by atoms with Gasteiger partial charge in [-0.2, -0.15) is 5.10 Å². The second-order valence-corrected chi connectivity index (χ2v) is 7.32. The first-order valence-corrected chi connectivity index (χ1v) is 9.30. The fourth-order valence-corrected chi connectivity index (χ4v) is 3.56. The number of aryl methyl sites for hydroxylation is 2. The van der Waals surface area contributed by atoms with E-state index in [0.717, 1.165) is 32.7 Å². The number of hydrogen-bond acceptors (Lipinski definition) is 3. The van der Waals surface area contributed by atoms with Crippen molar-refractivity contribution in [2.24, 2.45) is 5.10 Å². The molecule has 0 bridgehead atoms. The van der Waals surface area contributed by atoms with Gasteiger partial charge in [-0.1, -0.05) is 48.5 Å². The van der Waals surface area contributed by atoms with Crippen LogP contribution in [0.4, 0.5) is 4.79 Å². The van der Waals surface area contributed by atoms with Crippen molar-refractivity contribution in [2.75, 3.05) is 0 Å². The number of nitrogens with one attached hydrogen (secondary N) is 2. The third kappa shape index (κ3) is 3.17. The molecule has 1 aliphatic heterocycles. The van der Waals surface area contributed by atoms with Gasteiger partial charge in [-0.25, -0.2) is 4.79 Å². The number of nitrogens with zero attached hydrogens (tertiary/aromatic N) is 2. The second kappa shape index (κ2) is 6.96. The Kier molecular flexibility index (Phi) is 4.47. The Morgan fingerprint density at radius 2 is 1.79 bits per heavy atom. The summed E-state index contributed by atoms with van der Waals surface area (Å²) in [6, 6.07) is 17.3. The summed E-state index contributed by atoms with van der Waals surface area (Å²) in [4.78, 5) is 28.6.